The molecule has 0 radical (unpaired) electrons. The molecule has 1 rings (SSSR count). The Hall–Kier alpha value is -1.77. The van der Waals surface area contributed by atoms with Crippen LogP contribution < -0.4 is 22.3 Å². The van der Waals surface area contributed by atoms with Gasteiger partial charge in [0.05, 0.1) is 5.75 Å². The van der Waals surface area contributed by atoms with Gasteiger partial charge in [-0.25, -0.2) is 13.2 Å². The highest BCUT2D eigenvalue weighted by molar-refractivity contribution is 7.90. The van der Waals surface area contributed by atoms with Crippen molar-refractivity contribution in [1.29, 1.82) is 0 Å². The highest BCUT2D eigenvalue weighted by Gasteiger charge is 2.16. The van der Waals surface area contributed by atoms with Crippen molar-refractivity contribution in [2.75, 3.05) is 23.1 Å². The summed E-state index contributed by atoms with van der Waals surface area (Å²) in [6.07, 6.45) is 1.78. The molecule has 0 aliphatic heterocycles. The first-order valence-electron chi connectivity index (χ1n) is 6.22. The number of anilines is 2. The average molecular weight is 304 g/mol. The van der Waals surface area contributed by atoms with E-state index in [1.54, 1.807) is 6.92 Å². The number of nitrogens with two attached hydrogens (primary N) is 1. The summed E-state index contributed by atoms with van der Waals surface area (Å²) in [6, 6.07) is -0.499. The van der Waals surface area contributed by atoms with E-state index in [0.29, 0.717) is 13.0 Å². The predicted molar refractivity (Wildman–Crippen MR) is 78.8 cm³/mol. The normalized spacial score (nSPS) is 13.2. The van der Waals surface area contributed by atoms with Crippen LogP contribution in [0.1, 0.15) is 20.3 Å². The van der Waals surface area contributed by atoms with E-state index in [1.165, 1.54) is 4.57 Å². The van der Waals surface area contributed by atoms with Crippen molar-refractivity contribution in [3.05, 3.63) is 20.8 Å². The van der Waals surface area contributed by atoms with E-state index in [4.69, 9.17) is 5.73 Å². The summed E-state index contributed by atoms with van der Waals surface area (Å²) in [4.78, 5) is 25.5. The number of nitrogens with one attached hydrogen (secondary N) is 2. The predicted octanol–water partition coefficient (Wildman–Crippen LogP) is -0.626. The summed E-state index contributed by atoms with van der Waals surface area (Å²) >= 11 is 0. The van der Waals surface area contributed by atoms with Crippen LogP contribution in [0.25, 0.3) is 0 Å². The molecule has 0 aliphatic carbocycles. The molecule has 0 aromatic carbocycles. The molecule has 4 N–H and O–H groups in total. The first-order valence-corrected chi connectivity index (χ1v) is 8.28. The van der Waals surface area contributed by atoms with Gasteiger partial charge in [-0.15, -0.1) is 0 Å². The molecule has 1 atom stereocenters. The molecular weight excluding hydrogens is 284 g/mol. The molecule has 20 heavy (non-hydrogen) atoms. The van der Waals surface area contributed by atoms with Gasteiger partial charge in [0, 0.05) is 18.8 Å². The molecule has 1 aromatic heterocycles. The number of hydrogen-bond acceptors (Lipinski definition) is 6. The third-order valence-corrected chi connectivity index (χ3v) is 3.74. The second kappa shape index (κ2) is 6.12. The van der Waals surface area contributed by atoms with Crippen molar-refractivity contribution in [2.24, 2.45) is 0 Å². The molecule has 8 nitrogen and oxygen atoms in total. The number of H-pyrrole nitrogens is 1. The van der Waals surface area contributed by atoms with Gasteiger partial charge in [-0.2, -0.15) is 0 Å². The summed E-state index contributed by atoms with van der Waals surface area (Å²) in [7, 11) is -3.18. The maximum absolute atomic E-state index is 11.8. The Balaban J connectivity index is 3.16. The van der Waals surface area contributed by atoms with Gasteiger partial charge in [0.25, 0.3) is 5.56 Å². The number of aromatic nitrogens is 2. The van der Waals surface area contributed by atoms with Crippen LogP contribution in [-0.2, 0) is 16.4 Å². The maximum atomic E-state index is 11.8. The standard InChI is InChI=1S/C11H20N4O4S/c1-4-5-15-9(12)8(10(16)14-11(15)17)13-7(2)6-20(3,18)19/h7,13H,4-6,12H2,1-3H3,(H,14,16,17). The quantitative estimate of drug-likeness (QED) is 0.642. The van der Waals surface area contributed by atoms with E-state index >= 15 is 0 Å². The lowest BCUT2D eigenvalue weighted by atomic mass is 10.3. The number of hydrogen-bond donors (Lipinski definition) is 3. The molecule has 114 valence electrons. The summed E-state index contributed by atoms with van der Waals surface area (Å²) in [6.45, 7) is 3.86. The Labute approximate surface area is 116 Å². The van der Waals surface area contributed by atoms with E-state index in [1.807, 2.05) is 6.92 Å². The van der Waals surface area contributed by atoms with Crippen LogP contribution in [0.15, 0.2) is 9.59 Å². The first-order chi connectivity index (χ1) is 9.15. The molecule has 0 bridgehead atoms. The van der Waals surface area contributed by atoms with Gasteiger partial charge >= 0.3 is 5.69 Å². The number of nitrogens with zero attached hydrogens (tertiary/aromatic N) is 1. The fourth-order valence-corrected chi connectivity index (χ4v) is 2.91. The van der Waals surface area contributed by atoms with E-state index < -0.39 is 27.1 Å². The van der Waals surface area contributed by atoms with Gasteiger partial charge < -0.3 is 11.1 Å². The second-order valence-corrected chi connectivity index (χ2v) is 6.99. The molecule has 1 unspecified atom stereocenters. The third-order valence-electron chi connectivity index (χ3n) is 2.63. The lowest BCUT2D eigenvalue weighted by Gasteiger charge is -2.17. The van der Waals surface area contributed by atoms with Crippen LogP contribution in [0.3, 0.4) is 0 Å². The molecule has 1 aromatic rings. The second-order valence-electron chi connectivity index (χ2n) is 4.81. The number of rotatable bonds is 6. The molecule has 0 saturated carbocycles. The summed E-state index contributed by atoms with van der Waals surface area (Å²) < 4.78 is 23.7. The van der Waals surface area contributed by atoms with Crippen molar-refractivity contribution in [1.82, 2.24) is 9.55 Å². The zero-order chi connectivity index (χ0) is 15.5. The Morgan fingerprint density at radius 3 is 2.50 bits per heavy atom. The minimum absolute atomic E-state index is 0.0148. The van der Waals surface area contributed by atoms with Crippen LogP contribution in [0.2, 0.25) is 0 Å². The van der Waals surface area contributed by atoms with Crippen molar-refractivity contribution in [3.63, 3.8) is 0 Å². The Morgan fingerprint density at radius 2 is 2.00 bits per heavy atom. The van der Waals surface area contributed by atoms with Gasteiger partial charge in [-0.3, -0.25) is 14.3 Å². The maximum Gasteiger partial charge on any atom is 0.330 e. The van der Waals surface area contributed by atoms with Crippen molar-refractivity contribution >= 4 is 21.3 Å². The molecule has 0 saturated heterocycles. The Morgan fingerprint density at radius 1 is 1.40 bits per heavy atom. The van der Waals surface area contributed by atoms with Gasteiger partial charge in [0.1, 0.15) is 21.3 Å². The lowest BCUT2D eigenvalue weighted by molar-refractivity contribution is 0.597. The molecule has 0 spiro atoms. The molecule has 1 heterocycles. The minimum atomic E-state index is -3.18. The monoisotopic (exact) mass is 304 g/mol. The van der Waals surface area contributed by atoms with Crippen LogP contribution in [0.5, 0.6) is 0 Å². The lowest BCUT2D eigenvalue weighted by Crippen LogP contribution is -2.36. The van der Waals surface area contributed by atoms with Crippen LogP contribution >= 0.6 is 0 Å². The minimum Gasteiger partial charge on any atom is -0.383 e. The number of nitrogen functional groups attached to an aromatic ring is 1. The van der Waals surface area contributed by atoms with Gasteiger partial charge in [-0.1, -0.05) is 6.92 Å². The fourth-order valence-electron chi connectivity index (χ4n) is 1.92. The Bertz CT molecular complexity index is 689. The molecule has 9 heteroatoms. The topological polar surface area (TPSA) is 127 Å². The highest BCUT2D eigenvalue weighted by atomic mass is 32.2. The van der Waals surface area contributed by atoms with Crippen LogP contribution in [0.4, 0.5) is 11.5 Å². The Kier molecular flexibility index (Phi) is 4.98. The third kappa shape index (κ3) is 4.12. The van der Waals surface area contributed by atoms with E-state index in [2.05, 4.69) is 10.3 Å². The first kappa shape index (κ1) is 16.3. The van der Waals surface area contributed by atoms with Gasteiger partial charge in [-0.05, 0) is 13.3 Å². The van der Waals surface area contributed by atoms with Crippen LogP contribution in [-0.4, -0.2) is 36.0 Å². The van der Waals surface area contributed by atoms with Crippen LogP contribution in [0, 0.1) is 0 Å². The summed E-state index contributed by atoms with van der Waals surface area (Å²) in [5, 5.41) is 2.75. The fraction of sp³-hybridized carbons (Fsp3) is 0.636. The van der Waals surface area contributed by atoms with Gasteiger partial charge in [0.15, 0.2) is 0 Å². The van der Waals surface area contributed by atoms with E-state index in [0.717, 1.165) is 6.26 Å². The molecular formula is C11H20N4O4S. The number of sulfone groups is 1. The molecule has 0 fully saturated rings. The smallest absolute Gasteiger partial charge is 0.330 e. The van der Waals surface area contributed by atoms with E-state index in [-0.39, 0.29) is 17.3 Å². The zero-order valence-corrected chi connectivity index (χ0v) is 12.6. The van der Waals surface area contributed by atoms with E-state index in [9.17, 15) is 18.0 Å². The molecule has 0 aliphatic rings. The average Bonchev–Trinajstić information content (AvgIpc) is 2.27. The van der Waals surface area contributed by atoms with Crippen molar-refractivity contribution < 1.29 is 8.42 Å². The van der Waals surface area contributed by atoms with Crippen molar-refractivity contribution in [2.45, 2.75) is 32.9 Å². The SMILES string of the molecule is CCCn1c(N)c(NC(C)CS(C)(=O)=O)c(=O)[nH]c1=O. The summed E-state index contributed by atoms with van der Waals surface area (Å²) in [5.74, 6) is -0.125. The van der Waals surface area contributed by atoms with Crippen molar-refractivity contribution in [3.8, 4) is 0 Å². The summed E-state index contributed by atoms with van der Waals surface area (Å²) in [5.41, 5.74) is 4.61. The number of aromatic amines is 1. The largest absolute Gasteiger partial charge is 0.383 e. The van der Waals surface area contributed by atoms with Gasteiger partial charge in [0.2, 0.25) is 0 Å². The highest BCUT2D eigenvalue weighted by Crippen LogP contribution is 2.12. The molecule has 0 amide bonds. The zero-order valence-electron chi connectivity index (χ0n) is 11.8.